The molecule has 0 aliphatic heterocycles. The maximum atomic E-state index is 6.38. The minimum absolute atomic E-state index is 0.496. The predicted octanol–water partition coefficient (Wildman–Crippen LogP) is 15.2. The Bertz CT molecular complexity index is 2820. The Balaban J connectivity index is 0.855. The number of anilines is 2. The van der Waals surface area contributed by atoms with E-state index >= 15 is 0 Å². The van der Waals surface area contributed by atoms with Crippen LogP contribution in [0.25, 0.3) is 0 Å². The van der Waals surface area contributed by atoms with Crippen LogP contribution in [-0.4, -0.2) is 0 Å². The molecule has 9 aromatic rings. The van der Waals surface area contributed by atoms with Crippen LogP contribution in [0.5, 0.6) is 92.0 Å². The number of rotatable bonds is 16. The minimum atomic E-state index is 0.496. The van der Waals surface area contributed by atoms with E-state index in [0.717, 1.165) is 0 Å². The van der Waals surface area contributed by atoms with Crippen LogP contribution in [0.1, 0.15) is 0 Å². The molecule has 9 aromatic carbocycles. The van der Waals surface area contributed by atoms with Crippen molar-refractivity contribution in [2.24, 2.45) is 0 Å². The number of para-hydroxylation sites is 6. The van der Waals surface area contributed by atoms with Crippen molar-refractivity contribution in [1.82, 2.24) is 0 Å². The zero-order valence-corrected chi connectivity index (χ0v) is 34.2. The molecule has 0 amide bonds. The average Bonchev–Trinajstić information content (AvgIpc) is 3.29. The van der Waals surface area contributed by atoms with E-state index in [1.165, 1.54) is 0 Å². The molecule has 64 heavy (non-hydrogen) atoms. The summed E-state index contributed by atoms with van der Waals surface area (Å²) in [7, 11) is 0. The molecule has 0 spiro atoms. The van der Waals surface area contributed by atoms with Crippen LogP contribution in [0.4, 0.5) is 11.4 Å². The summed E-state index contributed by atoms with van der Waals surface area (Å²) < 4.78 is 50.0. The summed E-state index contributed by atoms with van der Waals surface area (Å²) in [5.41, 5.74) is 13.1. The van der Waals surface area contributed by atoms with Gasteiger partial charge < -0.3 is 49.4 Å². The lowest BCUT2D eigenvalue weighted by molar-refractivity contribution is 0.402. The third-order valence-corrected chi connectivity index (χ3v) is 9.32. The summed E-state index contributed by atoms with van der Waals surface area (Å²) in [5, 5.41) is 0. The van der Waals surface area contributed by atoms with E-state index in [1.807, 2.05) is 170 Å². The summed E-state index contributed by atoms with van der Waals surface area (Å²) in [4.78, 5) is 0. The molecule has 0 saturated heterocycles. The number of nitrogen functional groups attached to an aromatic ring is 2. The molecule has 314 valence electrons. The van der Waals surface area contributed by atoms with Gasteiger partial charge in [0, 0.05) is 47.8 Å². The highest BCUT2D eigenvalue weighted by Crippen LogP contribution is 2.41. The number of benzene rings is 9. The van der Waals surface area contributed by atoms with E-state index in [9.17, 15) is 0 Å². The third kappa shape index (κ3) is 10.6. The summed E-state index contributed by atoms with van der Waals surface area (Å²) >= 11 is 0. The molecule has 10 heteroatoms. The Kier molecular flexibility index (Phi) is 12.1. The quantitative estimate of drug-likeness (QED) is 0.0908. The highest BCUT2D eigenvalue weighted by molar-refractivity contribution is 5.52. The lowest BCUT2D eigenvalue weighted by Crippen LogP contribution is -1.93. The first-order valence-electron chi connectivity index (χ1n) is 20.3. The van der Waals surface area contributed by atoms with Gasteiger partial charge in [0.2, 0.25) is 0 Å². The molecule has 0 aliphatic rings. The molecule has 0 atom stereocenters. The highest BCUT2D eigenvalue weighted by Gasteiger charge is 2.14. The summed E-state index contributed by atoms with van der Waals surface area (Å²) in [6.45, 7) is 0. The van der Waals surface area contributed by atoms with Gasteiger partial charge in [-0.15, -0.1) is 0 Å². The van der Waals surface area contributed by atoms with Gasteiger partial charge in [0.25, 0.3) is 0 Å². The second kappa shape index (κ2) is 19.1. The smallest absolute Gasteiger partial charge is 0.169 e. The third-order valence-electron chi connectivity index (χ3n) is 9.32. The molecule has 0 saturated carbocycles. The number of ether oxygens (including phenoxy) is 8. The van der Waals surface area contributed by atoms with E-state index in [1.54, 1.807) is 48.5 Å². The summed E-state index contributed by atoms with van der Waals surface area (Å²) in [6, 6.07) is 66.1. The van der Waals surface area contributed by atoms with Crippen LogP contribution in [0.15, 0.2) is 218 Å². The van der Waals surface area contributed by atoms with Gasteiger partial charge in [-0.3, -0.25) is 0 Å². The van der Waals surface area contributed by atoms with Crippen LogP contribution in [0, 0.1) is 0 Å². The first-order valence-corrected chi connectivity index (χ1v) is 20.3. The molecule has 10 nitrogen and oxygen atoms in total. The molecule has 0 heterocycles. The van der Waals surface area contributed by atoms with Crippen molar-refractivity contribution < 1.29 is 37.9 Å². The molecular weight excluding hydrogens is 805 g/mol. The van der Waals surface area contributed by atoms with Crippen molar-refractivity contribution in [1.29, 1.82) is 0 Å². The van der Waals surface area contributed by atoms with Crippen molar-refractivity contribution >= 4 is 11.4 Å². The first-order chi connectivity index (χ1) is 31.4. The van der Waals surface area contributed by atoms with Gasteiger partial charge in [-0.25, -0.2) is 0 Å². The maximum Gasteiger partial charge on any atom is 0.169 e. The SMILES string of the molecule is Nc1cccc(Oc2cccc(Oc3ccccc3Oc3cccc(Oc4ccccc4Oc4cccc(Oc5ccccc5Oc5cccc(Oc6cccc(N)c6)c5)c4)c3)c2)c1. The molecule has 9 rings (SSSR count). The Morgan fingerprint density at radius 3 is 0.594 bits per heavy atom. The van der Waals surface area contributed by atoms with Crippen molar-refractivity contribution in [3.8, 4) is 92.0 Å². The lowest BCUT2D eigenvalue weighted by Gasteiger charge is -2.15. The van der Waals surface area contributed by atoms with Gasteiger partial charge in [0.15, 0.2) is 34.5 Å². The monoisotopic (exact) mass is 844 g/mol. The van der Waals surface area contributed by atoms with Crippen LogP contribution in [0.3, 0.4) is 0 Å². The van der Waals surface area contributed by atoms with Gasteiger partial charge in [0.1, 0.15) is 57.5 Å². The lowest BCUT2D eigenvalue weighted by atomic mass is 10.2. The largest absolute Gasteiger partial charge is 0.457 e. The Labute approximate surface area is 369 Å². The van der Waals surface area contributed by atoms with Gasteiger partial charge >= 0.3 is 0 Å². The maximum absolute atomic E-state index is 6.38. The zero-order chi connectivity index (χ0) is 43.5. The summed E-state index contributed by atoms with van der Waals surface area (Å²) in [5.74, 6) is 8.80. The molecule has 0 aromatic heterocycles. The van der Waals surface area contributed by atoms with Crippen molar-refractivity contribution in [2.75, 3.05) is 11.5 Å². The fraction of sp³-hybridized carbons (Fsp3) is 0. The molecule has 4 N–H and O–H groups in total. The zero-order valence-electron chi connectivity index (χ0n) is 34.2. The van der Waals surface area contributed by atoms with Gasteiger partial charge in [-0.1, -0.05) is 72.8 Å². The molecule has 0 fully saturated rings. The van der Waals surface area contributed by atoms with Gasteiger partial charge in [0.05, 0.1) is 0 Å². The van der Waals surface area contributed by atoms with Crippen molar-refractivity contribution in [3.05, 3.63) is 218 Å². The first kappa shape index (κ1) is 40.4. The van der Waals surface area contributed by atoms with Crippen LogP contribution in [0.2, 0.25) is 0 Å². The number of hydrogen-bond donors (Lipinski definition) is 2. The Morgan fingerprint density at radius 1 is 0.188 bits per heavy atom. The second-order valence-electron chi connectivity index (χ2n) is 14.2. The predicted molar refractivity (Wildman–Crippen MR) is 247 cm³/mol. The molecule has 0 unspecified atom stereocenters. The Hall–Kier alpha value is -9.02. The van der Waals surface area contributed by atoms with Crippen LogP contribution in [-0.2, 0) is 0 Å². The van der Waals surface area contributed by atoms with Crippen LogP contribution < -0.4 is 49.4 Å². The van der Waals surface area contributed by atoms with Gasteiger partial charge in [-0.05, 0) is 109 Å². The standard InChI is InChI=1S/C54H40N2O8/c55-37-13-7-15-39(31-37)57-41-17-9-19-43(33-41)59-49-25-1-3-27-51(49)61-45-21-11-23-47(35-45)63-53-29-5-6-30-54(53)64-48-24-12-22-46(36-48)62-52-28-4-2-26-50(52)60-44-20-10-18-42(34-44)58-40-16-8-14-38(56)32-40/h1-36H,55-56H2. The van der Waals surface area contributed by atoms with Crippen molar-refractivity contribution in [3.63, 3.8) is 0 Å². The van der Waals surface area contributed by atoms with E-state index in [4.69, 9.17) is 49.4 Å². The normalized spacial score (nSPS) is 10.6. The molecular formula is C54H40N2O8. The number of nitrogens with two attached hydrogens (primary N) is 2. The van der Waals surface area contributed by atoms with E-state index in [-0.39, 0.29) is 0 Å². The average molecular weight is 845 g/mol. The highest BCUT2D eigenvalue weighted by atomic mass is 16.5. The second-order valence-corrected chi connectivity index (χ2v) is 14.2. The summed E-state index contributed by atoms with van der Waals surface area (Å²) in [6.07, 6.45) is 0. The fourth-order valence-electron chi connectivity index (χ4n) is 6.45. The molecule has 0 radical (unpaired) electrons. The van der Waals surface area contributed by atoms with Crippen LogP contribution >= 0.6 is 0 Å². The fourth-order valence-corrected chi connectivity index (χ4v) is 6.45. The van der Waals surface area contributed by atoms with E-state index in [0.29, 0.717) is 103 Å². The van der Waals surface area contributed by atoms with Gasteiger partial charge in [-0.2, -0.15) is 0 Å². The van der Waals surface area contributed by atoms with E-state index in [2.05, 4.69) is 0 Å². The topological polar surface area (TPSA) is 126 Å². The molecule has 0 aliphatic carbocycles. The molecule has 0 bridgehead atoms. The Morgan fingerprint density at radius 2 is 0.375 bits per heavy atom. The van der Waals surface area contributed by atoms with Crippen molar-refractivity contribution in [2.45, 2.75) is 0 Å². The number of hydrogen-bond acceptors (Lipinski definition) is 10. The minimum Gasteiger partial charge on any atom is -0.457 e. The van der Waals surface area contributed by atoms with E-state index < -0.39 is 0 Å².